The minimum absolute atomic E-state index is 0.0484. The lowest BCUT2D eigenvalue weighted by Crippen LogP contribution is -2.48. The molecule has 1 saturated carbocycles. The van der Waals surface area contributed by atoms with Crippen molar-refractivity contribution in [3.05, 3.63) is 59.7 Å². The Balaban J connectivity index is 1.36. The maximum atomic E-state index is 12.5. The van der Waals surface area contributed by atoms with Gasteiger partial charge in [0.05, 0.1) is 0 Å². The number of fused-ring (bicyclic) bond motifs is 3. The maximum Gasteiger partial charge on any atom is 0.407 e. The van der Waals surface area contributed by atoms with Crippen molar-refractivity contribution >= 4 is 12.1 Å². The van der Waals surface area contributed by atoms with Crippen molar-refractivity contribution in [2.45, 2.75) is 50.5 Å². The Morgan fingerprint density at radius 3 is 2.14 bits per heavy atom. The van der Waals surface area contributed by atoms with E-state index in [1.54, 1.807) is 0 Å². The van der Waals surface area contributed by atoms with E-state index in [-0.39, 0.29) is 23.8 Å². The summed E-state index contributed by atoms with van der Waals surface area (Å²) < 4.78 is 5.65. The molecule has 29 heavy (non-hydrogen) atoms. The van der Waals surface area contributed by atoms with Crippen molar-refractivity contribution in [3.63, 3.8) is 0 Å². The normalized spacial score (nSPS) is 23.1. The van der Waals surface area contributed by atoms with Crippen molar-refractivity contribution < 1.29 is 19.4 Å². The van der Waals surface area contributed by atoms with Crippen molar-refractivity contribution in [1.29, 1.82) is 0 Å². The molecular formula is C24H27NO4. The zero-order valence-electron chi connectivity index (χ0n) is 16.7. The van der Waals surface area contributed by atoms with E-state index in [0.717, 1.165) is 25.7 Å². The Labute approximate surface area is 171 Å². The molecule has 0 radical (unpaired) electrons. The van der Waals surface area contributed by atoms with Gasteiger partial charge in [0.15, 0.2) is 0 Å². The second-order valence-corrected chi connectivity index (χ2v) is 8.55. The predicted octanol–water partition coefficient (Wildman–Crippen LogP) is 4.95. The highest BCUT2D eigenvalue weighted by Gasteiger charge is 2.34. The van der Waals surface area contributed by atoms with E-state index in [2.05, 4.69) is 29.6 Å². The molecule has 1 fully saturated rings. The first-order chi connectivity index (χ1) is 14.0. The summed E-state index contributed by atoms with van der Waals surface area (Å²) in [6.45, 7) is 2.32. The molecule has 5 heteroatoms. The zero-order valence-corrected chi connectivity index (χ0v) is 16.7. The molecular weight excluding hydrogens is 366 g/mol. The Morgan fingerprint density at radius 1 is 1.03 bits per heavy atom. The van der Waals surface area contributed by atoms with Gasteiger partial charge in [-0.2, -0.15) is 0 Å². The Morgan fingerprint density at radius 2 is 1.59 bits per heavy atom. The summed E-state index contributed by atoms with van der Waals surface area (Å²) in [5.74, 6) is -0.500. The van der Waals surface area contributed by atoms with Crippen LogP contribution in [0.1, 0.15) is 56.1 Å². The van der Waals surface area contributed by atoms with Crippen LogP contribution in [0.2, 0.25) is 0 Å². The minimum atomic E-state index is -0.747. The summed E-state index contributed by atoms with van der Waals surface area (Å²) in [7, 11) is 0. The predicted molar refractivity (Wildman–Crippen MR) is 111 cm³/mol. The SMILES string of the molecule is CC1(NC(=O)OCC2c3ccccc3-c3ccccc32)CCC(CC(=O)O)CC1. The van der Waals surface area contributed by atoms with E-state index < -0.39 is 12.1 Å². The molecule has 2 aliphatic carbocycles. The van der Waals surface area contributed by atoms with Gasteiger partial charge in [0.25, 0.3) is 0 Å². The van der Waals surface area contributed by atoms with E-state index in [0.29, 0.717) is 6.61 Å². The van der Waals surface area contributed by atoms with Crippen LogP contribution in [0.4, 0.5) is 4.79 Å². The maximum absolute atomic E-state index is 12.5. The number of nitrogens with one attached hydrogen (secondary N) is 1. The van der Waals surface area contributed by atoms with Crippen LogP contribution in [0, 0.1) is 5.92 Å². The first-order valence-electron chi connectivity index (χ1n) is 10.3. The first kappa shape index (κ1) is 19.5. The van der Waals surface area contributed by atoms with Gasteiger partial charge in [-0.1, -0.05) is 48.5 Å². The lowest BCUT2D eigenvalue weighted by molar-refractivity contribution is -0.138. The van der Waals surface area contributed by atoms with Crippen molar-refractivity contribution in [2.24, 2.45) is 5.92 Å². The van der Waals surface area contributed by atoms with E-state index in [1.165, 1.54) is 22.3 Å². The van der Waals surface area contributed by atoms with E-state index in [4.69, 9.17) is 9.84 Å². The zero-order chi connectivity index (χ0) is 20.4. The first-order valence-corrected chi connectivity index (χ1v) is 10.3. The molecule has 5 nitrogen and oxygen atoms in total. The Bertz CT molecular complexity index is 869. The minimum Gasteiger partial charge on any atom is -0.481 e. The quantitative estimate of drug-likeness (QED) is 0.754. The molecule has 2 aromatic carbocycles. The van der Waals surface area contributed by atoms with Crippen LogP contribution in [0.5, 0.6) is 0 Å². The van der Waals surface area contributed by atoms with Gasteiger partial charge < -0.3 is 15.2 Å². The highest BCUT2D eigenvalue weighted by Crippen LogP contribution is 2.44. The van der Waals surface area contributed by atoms with Crippen molar-refractivity contribution in [2.75, 3.05) is 6.61 Å². The highest BCUT2D eigenvalue weighted by atomic mass is 16.5. The van der Waals surface area contributed by atoms with Gasteiger partial charge in [-0.3, -0.25) is 4.79 Å². The number of aliphatic carboxylic acids is 1. The van der Waals surface area contributed by atoms with E-state index in [9.17, 15) is 9.59 Å². The summed E-state index contributed by atoms with van der Waals surface area (Å²) in [6, 6.07) is 16.6. The summed E-state index contributed by atoms with van der Waals surface area (Å²) in [4.78, 5) is 23.4. The third-order valence-electron chi connectivity index (χ3n) is 6.42. The lowest BCUT2D eigenvalue weighted by atomic mass is 9.76. The number of hydrogen-bond acceptors (Lipinski definition) is 3. The number of ether oxygens (including phenoxy) is 1. The molecule has 4 rings (SSSR count). The van der Waals surface area contributed by atoms with E-state index in [1.807, 2.05) is 31.2 Å². The molecule has 0 bridgehead atoms. The van der Waals surface area contributed by atoms with Gasteiger partial charge in [-0.15, -0.1) is 0 Å². The fraction of sp³-hybridized carbons (Fsp3) is 0.417. The van der Waals surface area contributed by atoms with Gasteiger partial charge in [-0.05, 0) is 60.8 Å². The standard InChI is InChI=1S/C24H27NO4/c1-24(12-10-16(11-13-24)14-22(26)27)25-23(28)29-15-21-19-8-4-2-6-17(19)18-7-3-5-9-20(18)21/h2-9,16,21H,10-15H2,1H3,(H,25,28)(H,26,27). The average Bonchev–Trinajstić information content (AvgIpc) is 3.02. The number of carbonyl (C=O) groups excluding carboxylic acids is 1. The number of carbonyl (C=O) groups is 2. The summed E-state index contributed by atoms with van der Waals surface area (Å²) in [5.41, 5.74) is 4.47. The second kappa shape index (κ2) is 7.90. The molecule has 0 unspecified atom stereocenters. The van der Waals surface area contributed by atoms with Crippen LogP contribution in [0.15, 0.2) is 48.5 Å². The Hall–Kier alpha value is -2.82. The summed E-state index contributed by atoms with van der Waals surface area (Å²) in [6.07, 6.45) is 2.98. The molecule has 0 spiro atoms. The topological polar surface area (TPSA) is 75.6 Å². The third kappa shape index (κ3) is 4.14. The number of carboxylic acids is 1. The molecule has 0 atom stereocenters. The molecule has 0 aliphatic heterocycles. The second-order valence-electron chi connectivity index (χ2n) is 8.55. The summed E-state index contributed by atoms with van der Waals surface area (Å²) >= 11 is 0. The van der Waals surface area contributed by atoms with Crippen molar-refractivity contribution in [1.82, 2.24) is 5.32 Å². The van der Waals surface area contributed by atoms with Gasteiger partial charge in [-0.25, -0.2) is 4.79 Å². The molecule has 152 valence electrons. The van der Waals surface area contributed by atoms with Crippen LogP contribution in [0.3, 0.4) is 0 Å². The molecule has 1 amide bonds. The molecule has 2 aromatic rings. The number of hydrogen-bond donors (Lipinski definition) is 2. The van der Waals surface area contributed by atoms with Crippen LogP contribution < -0.4 is 5.32 Å². The number of rotatable bonds is 5. The molecule has 0 saturated heterocycles. The number of alkyl carbamates (subject to hydrolysis) is 1. The molecule has 2 N–H and O–H groups in total. The van der Waals surface area contributed by atoms with Crippen LogP contribution >= 0.6 is 0 Å². The van der Waals surface area contributed by atoms with Gasteiger partial charge in [0.2, 0.25) is 0 Å². The summed E-state index contributed by atoms with van der Waals surface area (Å²) in [5, 5.41) is 12.0. The molecule has 0 aromatic heterocycles. The van der Waals surface area contributed by atoms with Crippen LogP contribution in [-0.4, -0.2) is 29.3 Å². The monoisotopic (exact) mass is 393 g/mol. The Kier molecular flexibility index (Phi) is 5.31. The fourth-order valence-electron chi connectivity index (χ4n) is 4.77. The van der Waals surface area contributed by atoms with Crippen LogP contribution in [-0.2, 0) is 9.53 Å². The fourth-order valence-corrected chi connectivity index (χ4v) is 4.77. The molecule has 0 heterocycles. The highest BCUT2D eigenvalue weighted by molar-refractivity contribution is 5.79. The van der Waals surface area contributed by atoms with Gasteiger partial charge in [0.1, 0.15) is 6.61 Å². The van der Waals surface area contributed by atoms with Gasteiger partial charge >= 0.3 is 12.1 Å². The van der Waals surface area contributed by atoms with Crippen LogP contribution in [0.25, 0.3) is 11.1 Å². The smallest absolute Gasteiger partial charge is 0.407 e. The number of benzene rings is 2. The lowest BCUT2D eigenvalue weighted by Gasteiger charge is -2.37. The molecule has 2 aliphatic rings. The number of amides is 1. The van der Waals surface area contributed by atoms with Crippen molar-refractivity contribution in [3.8, 4) is 11.1 Å². The van der Waals surface area contributed by atoms with E-state index >= 15 is 0 Å². The largest absolute Gasteiger partial charge is 0.481 e. The van der Waals surface area contributed by atoms with Gasteiger partial charge in [0, 0.05) is 17.9 Å². The third-order valence-corrected chi connectivity index (χ3v) is 6.42. The number of carboxylic acid groups (broad SMARTS) is 1. The average molecular weight is 393 g/mol.